The van der Waals surface area contributed by atoms with Gasteiger partial charge in [-0.1, -0.05) is 0 Å². The van der Waals surface area contributed by atoms with E-state index in [4.69, 9.17) is 9.84 Å². The topological polar surface area (TPSA) is 71.5 Å². The first kappa shape index (κ1) is 12.7. The van der Waals surface area contributed by atoms with Gasteiger partial charge in [0.2, 0.25) is 5.88 Å². The van der Waals surface area contributed by atoms with Crippen LogP contribution in [0.2, 0.25) is 0 Å². The van der Waals surface area contributed by atoms with Crippen LogP contribution in [0.4, 0.5) is 5.69 Å². The fraction of sp³-hybridized carbons (Fsp3) is 0.538. The maximum atomic E-state index is 10.8. The molecule has 0 aromatic carbocycles. The Balaban J connectivity index is 1.85. The van der Waals surface area contributed by atoms with Crippen molar-refractivity contribution in [3.05, 3.63) is 18.3 Å². The summed E-state index contributed by atoms with van der Waals surface area (Å²) in [6.45, 7) is 0. The highest BCUT2D eigenvalue weighted by atomic mass is 16.5. The number of carbonyl (C=O) groups is 1. The zero-order chi connectivity index (χ0) is 13.0. The highest BCUT2D eigenvalue weighted by Gasteiger charge is 2.25. The second kappa shape index (κ2) is 5.71. The molecule has 0 saturated heterocycles. The van der Waals surface area contributed by atoms with E-state index in [-0.39, 0.29) is 5.92 Å². The second-order valence-electron chi connectivity index (χ2n) is 4.62. The molecule has 0 spiro atoms. The smallest absolute Gasteiger partial charge is 0.306 e. The molecule has 1 aromatic rings. The number of aliphatic carboxylic acids is 1. The molecule has 1 saturated carbocycles. The lowest BCUT2D eigenvalue weighted by Gasteiger charge is -2.27. The molecule has 0 radical (unpaired) electrons. The molecular weight excluding hydrogens is 232 g/mol. The molecular formula is C13H18N2O3. The van der Waals surface area contributed by atoms with Crippen molar-refractivity contribution in [3.8, 4) is 5.88 Å². The average molecular weight is 250 g/mol. The maximum absolute atomic E-state index is 10.8. The van der Waals surface area contributed by atoms with Crippen molar-refractivity contribution >= 4 is 11.7 Å². The molecule has 1 heterocycles. The second-order valence-corrected chi connectivity index (χ2v) is 4.62. The molecule has 0 atom stereocenters. The zero-order valence-electron chi connectivity index (χ0n) is 10.4. The van der Waals surface area contributed by atoms with Gasteiger partial charge in [-0.15, -0.1) is 0 Å². The van der Waals surface area contributed by atoms with Gasteiger partial charge in [-0.3, -0.25) is 4.79 Å². The Morgan fingerprint density at radius 3 is 2.61 bits per heavy atom. The van der Waals surface area contributed by atoms with E-state index < -0.39 is 5.97 Å². The summed E-state index contributed by atoms with van der Waals surface area (Å²) in [4.78, 5) is 15.0. The Labute approximate surface area is 106 Å². The van der Waals surface area contributed by atoms with Gasteiger partial charge in [0.25, 0.3) is 0 Å². The summed E-state index contributed by atoms with van der Waals surface area (Å²) in [6.07, 6.45) is 5.02. The highest BCUT2D eigenvalue weighted by molar-refractivity contribution is 5.70. The van der Waals surface area contributed by atoms with Crippen LogP contribution in [-0.2, 0) is 4.79 Å². The van der Waals surface area contributed by atoms with Crippen LogP contribution in [0.25, 0.3) is 0 Å². The van der Waals surface area contributed by atoms with E-state index in [1.54, 1.807) is 13.3 Å². The number of carboxylic acid groups (broad SMARTS) is 1. The van der Waals surface area contributed by atoms with Crippen LogP contribution in [0.15, 0.2) is 18.3 Å². The Kier molecular flexibility index (Phi) is 4.02. The first-order valence-electron chi connectivity index (χ1n) is 6.18. The molecule has 98 valence electrons. The number of nitrogens with one attached hydrogen (secondary N) is 1. The van der Waals surface area contributed by atoms with Gasteiger partial charge in [-0.05, 0) is 31.7 Å². The SMILES string of the molecule is COc1ccc(NC2CCC(C(=O)O)CC2)cn1. The Hall–Kier alpha value is -1.78. The number of ether oxygens (including phenoxy) is 1. The summed E-state index contributed by atoms with van der Waals surface area (Å²) in [5, 5.41) is 12.3. The minimum Gasteiger partial charge on any atom is -0.481 e. The number of hydrogen-bond donors (Lipinski definition) is 2. The molecule has 5 nitrogen and oxygen atoms in total. The zero-order valence-corrected chi connectivity index (χ0v) is 10.4. The van der Waals surface area contributed by atoms with Crippen LogP contribution in [0.5, 0.6) is 5.88 Å². The summed E-state index contributed by atoms with van der Waals surface area (Å²) in [5.74, 6) is -0.244. The van der Waals surface area contributed by atoms with E-state index in [2.05, 4.69) is 10.3 Å². The average Bonchev–Trinajstić information content (AvgIpc) is 2.40. The Morgan fingerprint density at radius 1 is 1.39 bits per heavy atom. The summed E-state index contributed by atoms with van der Waals surface area (Å²) in [7, 11) is 1.59. The van der Waals surface area contributed by atoms with E-state index in [1.165, 1.54) is 0 Å². The van der Waals surface area contributed by atoms with Gasteiger partial charge in [0.15, 0.2) is 0 Å². The van der Waals surface area contributed by atoms with Crippen LogP contribution in [0.1, 0.15) is 25.7 Å². The van der Waals surface area contributed by atoms with Crippen molar-refractivity contribution in [2.45, 2.75) is 31.7 Å². The standard InChI is InChI=1S/C13H18N2O3/c1-18-12-7-6-11(8-14-12)15-10-4-2-9(3-5-10)13(16)17/h6-10,15H,2-5H2,1H3,(H,16,17). The number of pyridine rings is 1. The molecule has 0 amide bonds. The highest BCUT2D eigenvalue weighted by Crippen LogP contribution is 2.26. The van der Waals surface area contributed by atoms with E-state index in [1.807, 2.05) is 12.1 Å². The molecule has 0 aliphatic heterocycles. The summed E-state index contributed by atoms with van der Waals surface area (Å²) in [6, 6.07) is 4.08. The quantitative estimate of drug-likeness (QED) is 0.856. The van der Waals surface area contributed by atoms with Crippen LogP contribution in [0, 0.1) is 5.92 Å². The molecule has 0 bridgehead atoms. The van der Waals surface area contributed by atoms with Gasteiger partial charge in [0.05, 0.1) is 24.9 Å². The number of aromatic nitrogens is 1. The first-order valence-corrected chi connectivity index (χ1v) is 6.18. The normalized spacial score (nSPS) is 23.4. The fourth-order valence-corrected chi connectivity index (χ4v) is 2.31. The molecule has 1 aromatic heterocycles. The minimum atomic E-state index is -0.667. The maximum Gasteiger partial charge on any atom is 0.306 e. The molecule has 5 heteroatoms. The first-order chi connectivity index (χ1) is 8.69. The lowest BCUT2D eigenvalue weighted by Crippen LogP contribution is -2.29. The van der Waals surface area contributed by atoms with E-state index in [0.29, 0.717) is 11.9 Å². The van der Waals surface area contributed by atoms with Crippen molar-refractivity contribution in [2.24, 2.45) is 5.92 Å². The number of anilines is 1. The molecule has 2 N–H and O–H groups in total. The van der Waals surface area contributed by atoms with Crippen LogP contribution in [-0.4, -0.2) is 29.2 Å². The number of carboxylic acids is 1. The van der Waals surface area contributed by atoms with Gasteiger partial charge < -0.3 is 15.2 Å². The number of methoxy groups -OCH3 is 1. The molecule has 1 aliphatic carbocycles. The third kappa shape index (κ3) is 3.12. The van der Waals surface area contributed by atoms with Gasteiger partial charge in [-0.2, -0.15) is 0 Å². The van der Waals surface area contributed by atoms with Crippen molar-refractivity contribution in [1.29, 1.82) is 0 Å². The fourth-order valence-electron chi connectivity index (χ4n) is 2.31. The molecule has 0 unspecified atom stereocenters. The molecule has 2 rings (SSSR count). The Morgan fingerprint density at radius 2 is 2.11 bits per heavy atom. The number of rotatable bonds is 4. The minimum absolute atomic E-state index is 0.169. The Bertz CT molecular complexity index is 397. The predicted molar refractivity (Wildman–Crippen MR) is 67.8 cm³/mol. The summed E-state index contributed by atoms with van der Waals surface area (Å²) >= 11 is 0. The van der Waals surface area contributed by atoms with Crippen LogP contribution < -0.4 is 10.1 Å². The third-order valence-corrected chi connectivity index (χ3v) is 3.39. The van der Waals surface area contributed by atoms with Crippen LogP contribution in [0.3, 0.4) is 0 Å². The van der Waals surface area contributed by atoms with Crippen molar-refractivity contribution in [3.63, 3.8) is 0 Å². The third-order valence-electron chi connectivity index (χ3n) is 3.39. The molecule has 1 fully saturated rings. The predicted octanol–water partition coefficient (Wildman–Crippen LogP) is 2.15. The lowest BCUT2D eigenvalue weighted by atomic mass is 9.86. The number of nitrogens with zero attached hydrogens (tertiary/aromatic N) is 1. The van der Waals surface area contributed by atoms with Gasteiger partial charge >= 0.3 is 5.97 Å². The van der Waals surface area contributed by atoms with Gasteiger partial charge in [0.1, 0.15) is 0 Å². The van der Waals surface area contributed by atoms with Crippen LogP contribution >= 0.6 is 0 Å². The largest absolute Gasteiger partial charge is 0.481 e. The van der Waals surface area contributed by atoms with Crippen molar-refractivity contribution < 1.29 is 14.6 Å². The summed E-state index contributed by atoms with van der Waals surface area (Å²) < 4.78 is 5.00. The van der Waals surface area contributed by atoms with Crippen molar-refractivity contribution in [2.75, 3.05) is 12.4 Å². The van der Waals surface area contributed by atoms with Gasteiger partial charge in [-0.25, -0.2) is 4.98 Å². The monoisotopic (exact) mass is 250 g/mol. The number of hydrogen-bond acceptors (Lipinski definition) is 4. The van der Waals surface area contributed by atoms with E-state index in [9.17, 15) is 4.79 Å². The van der Waals surface area contributed by atoms with Gasteiger partial charge in [0, 0.05) is 12.1 Å². The van der Waals surface area contributed by atoms with E-state index >= 15 is 0 Å². The van der Waals surface area contributed by atoms with E-state index in [0.717, 1.165) is 31.4 Å². The summed E-state index contributed by atoms with van der Waals surface area (Å²) in [5.41, 5.74) is 0.953. The lowest BCUT2D eigenvalue weighted by molar-refractivity contribution is -0.142. The molecule has 18 heavy (non-hydrogen) atoms. The molecule has 1 aliphatic rings. The van der Waals surface area contributed by atoms with Crippen molar-refractivity contribution in [1.82, 2.24) is 4.98 Å².